The molecule has 1 rings (SSSR count). The highest BCUT2D eigenvalue weighted by atomic mass is 19.4. The Morgan fingerprint density at radius 3 is 2.47 bits per heavy atom. The van der Waals surface area contributed by atoms with E-state index in [0.29, 0.717) is 6.07 Å². The van der Waals surface area contributed by atoms with E-state index >= 15 is 0 Å². The summed E-state index contributed by atoms with van der Waals surface area (Å²) in [6.45, 7) is -0.380. The topological polar surface area (TPSA) is 48.1 Å². The van der Waals surface area contributed by atoms with Crippen LogP contribution in [0.4, 0.5) is 27.8 Å². The van der Waals surface area contributed by atoms with Crippen LogP contribution >= 0.6 is 0 Å². The van der Waals surface area contributed by atoms with Crippen LogP contribution in [0.2, 0.25) is 0 Å². The van der Waals surface area contributed by atoms with Gasteiger partial charge in [0.25, 0.3) is 5.88 Å². The Bertz CT molecular complexity index is 394. The third-order valence-electron chi connectivity index (χ3n) is 1.77. The molecule has 0 aliphatic heterocycles. The number of anilines is 1. The van der Waals surface area contributed by atoms with Crippen molar-refractivity contribution in [2.75, 3.05) is 12.3 Å². The normalized spacial score (nSPS) is 11.6. The number of nitrogens with two attached hydrogens (primary N) is 1. The van der Waals surface area contributed by atoms with Gasteiger partial charge in [0.1, 0.15) is 0 Å². The van der Waals surface area contributed by atoms with E-state index in [-0.39, 0.29) is 13.0 Å². The standard InChI is InChI=1S/C9H9F5N2O/c10-5-4-6(11)8(16-7(5)15)17-3-1-2-9(12,13)14/h4H,1-3H2,(H2,15,16). The van der Waals surface area contributed by atoms with Crippen LogP contribution in [-0.4, -0.2) is 17.8 Å². The summed E-state index contributed by atoms with van der Waals surface area (Å²) in [6.07, 6.45) is -5.69. The first-order valence-electron chi connectivity index (χ1n) is 4.60. The molecule has 0 atom stereocenters. The highest BCUT2D eigenvalue weighted by Crippen LogP contribution is 2.22. The maximum absolute atomic E-state index is 13.0. The van der Waals surface area contributed by atoms with Crippen LogP contribution in [0.25, 0.3) is 0 Å². The molecule has 0 spiro atoms. The summed E-state index contributed by atoms with van der Waals surface area (Å²) in [6, 6.07) is 0.460. The third kappa shape index (κ3) is 4.41. The zero-order valence-electron chi connectivity index (χ0n) is 8.52. The summed E-state index contributed by atoms with van der Waals surface area (Å²) in [5.74, 6) is -3.34. The van der Waals surface area contributed by atoms with Crippen molar-refractivity contribution in [2.24, 2.45) is 0 Å². The van der Waals surface area contributed by atoms with Crippen molar-refractivity contribution in [1.82, 2.24) is 4.98 Å². The van der Waals surface area contributed by atoms with Gasteiger partial charge in [-0.15, -0.1) is 0 Å². The summed E-state index contributed by atoms with van der Waals surface area (Å²) < 4.78 is 65.6. The largest absolute Gasteiger partial charge is 0.476 e. The number of halogens is 5. The van der Waals surface area contributed by atoms with Crippen molar-refractivity contribution in [3.8, 4) is 5.88 Å². The lowest BCUT2D eigenvalue weighted by atomic mass is 10.3. The molecule has 0 aliphatic carbocycles. The molecule has 3 nitrogen and oxygen atoms in total. The monoisotopic (exact) mass is 256 g/mol. The van der Waals surface area contributed by atoms with Crippen molar-refractivity contribution in [3.63, 3.8) is 0 Å². The molecule has 1 aromatic rings. The van der Waals surface area contributed by atoms with Crippen molar-refractivity contribution in [1.29, 1.82) is 0 Å². The van der Waals surface area contributed by atoms with Crippen LogP contribution in [0.1, 0.15) is 12.8 Å². The number of nitrogen functional groups attached to an aromatic ring is 1. The molecule has 0 aliphatic rings. The van der Waals surface area contributed by atoms with E-state index in [1.165, 1.54) is 0 Å². The fourth-order valence-electron chi connectivity index (χ4n) is 1.01. The molecule has 0 saturated carbocycles. The van der Waals surface area contributed by atoms with Crippen molar-refractivity contribution >= 4 is 5.82 Å². The summed E-state index contributed by atoms with van der Waals surface area (Å²) >= 11 is 0. The Morgan fingerprint density at radius 2 is 1.88 bits per heavy atom. The fourth-order valence-corrected chi connectivity index (χ4v) is 1.01. The predicted octanol–water partition coefficient (Wildman–Crippen LogP) is 2.66. The molecule has 8 heteroatoms. The molecule has 1 heterocycles. The first-order valence-corrected chi connectivity index (χ1v) is 4.60. The van der Waals surface area contributed by atoms with Gasteiger partial charge >= 0.3 is 6.18 Å². The Morgan fingerprint density at radius 1 is 1.24 bits per heavy atom. The highest BCUT2D eigenvalue weighted by molar-refractivity contribution is 5.34. The van der Waals surface area contributed by atoms with Crippen molar-refractivity contribution in [3.05, 3.63) is 17.7 Å². The number of hydrogen-bond donors (Lipinski definition) is 1. The second kappa shape index (κ2) is 5.15. The average molecular weight is 256 g/mol. The molecule has 0 aromatic carbocycles. The summed E-state index contributed by atoms with van der Waals surface area (Å²) in [4.78, 5) is 3.23. The third-order valence-corrected chi connectivity index (χ3v) is 1.77. The van der Waals surface area contributed by atoms with Crippen LogP contribution in [-0.2, 0) is 0 Å². The molecule has 96 valence electrons. The smallest absolute Gasteiger partial charge is 0.389 e. The zero-order chi connectivity index (χ0) is 13.1. The van der Waals surface area contributed by atoms with Gasteiger partial charge in [0.2, 0.25) is 0 Å². The number of nitrogens with zero attached hydrogens (tertiary/aromatic N) is 1. The van der Waals surface area contributed by atoms with E-state index in [0.717, 1.165) is 0 Å². The van der Waals surface area contributed by atoms with Crippen molar-refractivity contribution < 1.29 is 26.7 Å². The molecule has 1 aromatic heterocycles. The maximum atomic E-state index is 13.0. The van der Waals surface area contributed by atoms with Gasteiger partial charge in [-0.25, -0.2) is 8.78 Å². The first-order chi connectivity index (χ1) is 7.79. The molecule has 0 saturated heterocycles. The van der Waals surface area contributed by atoms with E-state index < -0.39 is 35.9 Å². The summed E-state index contributed by atoms with van der Waals surface area (Å²) in [7, 11) is 0. The average Bonchev–Trinajstić information content (AvgIpc) is 2.18. The molecule has 0 fully saturated rings. The van der Waals surface area contributed by atoms with Crippen molar-refractivity contribution in [2.45, 2.75) is 19.0 Å². The summed E-state index contributed by atoms with van der Waals surface area (Å²) in [5, 5.41) is 0. The number of pyridine rings is 1. The van der Waals surface area contributed by atoms with E-state index in [9.17, 15) is 22.0 Å². The Kier molecular flexibility index (Phi) is 4.08. The minimum Gasteiger partial charge on any atom is -0.476 e. The second-order valence-electron chi connectivity index (χ2n) is 3.21. The minimum atomic E-state index is -4.29. The molecule has 0 bridgehead atoms. The SMILES string of the molecule is Nc1nc(OCCCC(F)(F)F)c(F)cc1F. The van der Waals surface area contributed by atoms with Gasteiger partial charge in [-0.1, -0.05) is 0 Å². The van der Waals surface area contributed by atoms with Gasteiger partial charge in [-0.05, 0) is 6.42 Å². The van der Waals surface area contributed by atoms with E-state index in [2.05, 4.69) is 9.72 Å². The van der Waals surface area contributed by atoms with E-state index in [1.54, 1.807) is 0 Å². The number of rotatable bonds is 4. The molecule has 0 unspecified atom stereocenters. The Hall–Kier alpha value is -1.60. The van der Waals surface area contributed by atoms with Gasteiger partial charge in [0.05, 0.1) is 6.61 Å². The zero-order valence-corrected chi connectivity index (χ0v) is 8.52. The van der Waals surface area contributed by atoms with Crippen LogP contribution in [0, 0.1) is 11.6 Å². The minimum absolute atomic E-state index is 0.345. The molecule has 0 amide bonds. The molecular weight excluding hydrogens is 247 g/mol. The number of ether oxygens (including phenoxy) is 1. The first kappa shape index (κ1) is 13.5. The van der Waals surface area contributed by atoms with Crippen LogP contribution in [0.3, 0.4) is 0 Å². The van der Waals surface area contributed by atoms with Crippen LogP contribution in [0.15, 0.2) is 6.07 Å². The molecule has 2 N–H and O–H groups in total. The highest BCUT2D eigenvalue weighted by Gasteiger charge is 2.26. The Labute approximate surface area is 93.4 Å². The Balaban J connectivity index is 2.50. The van der Waals surface area contributed by atoms with Gasteiger partial charge in [-0.2, -0.15) is 18.2 Å². The quantitative estimate of drug-likeness (QED) is 0.665. The number of aromatic nitrogens is 1. The summed E-state index contributed by atoms with van der Waals surface area (Å²) in [5.41, 5.74) is 5.05. The lowest BCUT2D eigenvalue weighted by Gasteiger charge is -2.08. The van der Waals surface area contributed by atoms with E-state index in [4.69, 9.17) is 5.73 Å². The lowest BCUT2D eigenvalue weighted by molar-refractivity contribution is -0.136. The second-order valence-corrected chi connectivity index (χ2v) is 3.21. The van der Waals surface area contributed by atoms with E-state index in [1.807, 2.05) is 0 Å². The fraction of sp³-hybridized carbons (Fsp3) is 0.444. The maximum Gasteiger partial charge on any atom is 0.389 e. The van der Waals surface area contributed by atoms with Gasteiger partial charge in [0, 0.05) is 12.5 Å². The number of alkyl halides is 3. The molecule has 17 heavy (non-hydrogen) atoms. The van der Waals surface area contributed by atoms with Gasteiger partial charge in [-0.3, -0.25) is 0 Å². The molecule has 0 radical (unpaired) electrons. The van der Waals surface area contributed by atoms with Crippen LogP contribution < -0.4 is 10.5 Å². The van der Waals surface area contributed by atoms with Crippen LogP contribution in [0.5, 0.6) is 5.88 Å². The van der Waals surface area contributed by atoms with Gasteiger partial charge < -0.3 is 10.5 Å². The lowest BCUT2D eigenvalue weighted by Crippen LogP contribution is -2.11. The molecular formula is C9H9F5N2O. The predicted molar refractivity (Wildman–Crippen MR) is 49.3 cm³/mol. The number of hydrogen-bond acceptors (Lipinski definition) is 3. The van der Waals surface area contributed by atoms with Gasteiger partial charge in [0.15, 0.2) is 17.5 Å².